The fourth-order valence-electron chi connectivity index (χ4n) is 1.74. The lowest BCUT2D eigenvalue weighted by molar-refractivity contribution is 0.313. The molecule has 2 aromatic rings. The Bertz CT molecular complexity index is 531. The number of halogens is 1. The van der Waals surface area contributed by atoms with Crippen molar-refractivity contribution in [1.82, 2.24) is 0 Å². The van der Waals surface area contributed by atoms with E-state index in [0.29, 0.717) is 12.5 Å². The Balaban J connectivity index is 1.85. The van der Waals surface area contributed by atoms with E-state index in [9.17, 15) is 0 Å². The fourth-order valence-corrected chi connectivity index (χ4v) is 2.66. The second-order valence-electron chi connectivity index (χ2n) is 4.13. The van der Waals surface area contributed by atoms with Crippen molar-refractivity contribution in [3.63, 3.8) is 0 Å². The first kappa shape index (κ1) is 15.1. The van der Waals surface area contributed by atoms with Gasteiger partial charge in [-0.3, -0.25) is 0 Å². The van der Waals surface area contributed by atoms with E-state index in [0.717, 1.165) is 22.8 Å². The van der Waals surface area contributed by atoms with Gasteiger partial charge in [-0.2, -0.15) is 0 Å². The van der Waals surface area contributed by atoms with E-state index >= 15 is 0 Å². The van der Waals surface area contributed by atoms with Crippen LogP contribution in [0.4, 0.5) is 0 Å². The monoisotopic (exact) mass is 308 g/mol. The molecule has 20 heavy (non-hydrogen) atoms. The Morgan fingerprint density at radius 3 is 2.55 bits per heavy atom. The summed E-state index contributed by atoms with van der Waals surface area (Å²) in [4.78, 5) is 1.25. The Morgan fingerprint density at radius 1 is 1.05 bits per heavy atom. The summed E-state index contributed by atoms with van der Waals surface area (Å²) in [6.45, 7) is 0.635. The van der Waals surface area contributed by atoms with Gasteiger partial charge in [0.15, 0.2) is 11.5 Å². The van der Waals surface area contributed by atoms with Gasteiger partial charge in [-0.05, 0) is 29.8 Å². The molecule has 0 aliphatic carbocycles. The minimum absolute atomic E-state index is 0.473. The van der Waals surface area contributed by atoms with E-state index in [1.165, 1.54) is 4.90 Å². The third-order valence-electron chi connectivity index (χ3n) is 2.74. The molecule has 0 bridgehead atoms. The predicted molar refractivity (Wildman–Crippen MR) is 85.2 cm³/mol. The standard InChI is InChI=1S/C16H17ClO2S/c1-18-16-11-13(12-17)7-8-15(16)19-9-10-20-14-5-3-2-4-6-14/h2-8,11H,9-10,12H2,1H3. The number of methoxy groups -OCH3 is 1. The molecule has 4 heteroatoms. The van der Waals surface area contributed by atoms with E-state index in [1.807, 2.05) is 36.4 Å². The summed E-state index contributed by atoms with van der Waals surface area (Å²) in [6, 6.07) is 16.1. The second kappa shape index (κ2) is 8.08. The molecule has 0 heterocycles. The molecule has 0 aliphatic heterocycles. The molecule has 0 atom stereocenters. The van der Waals surface area contributed by atoms with Crippen LogP contribution in [0.3, 0.4) is 0 Å². The summed E-state index contributed by atoms with van der Waals surface area (Å²) in [5.74, 6) is 2.85. The highest BCUT2D eigenvalue weighted by molar-refractivity contribution is 7.99. The summed E-state index contributed by atoms with van der Waals surface area (Å²) in [5.41, 5.74) is 1.02. The molecule has 2 aromatic carbocycles. The average Bonchev–Trinajstić information content (AvgIpc) is 2.52. The van der Waals surface area contributed by atoms with Crippen LogP contribution in [0.15, 0.2) is 53.4 Å². The smallest absolute Gasteiger partial charge is 0.161 e. The molecule has 0 saturated carbocycles. The molecular formula is C16H17ClO2S. The molecular weight excluding hydrogens is 292 g/mol. The molecule has 2 nitrogen and oxygen atoms in total. The van der Waals surface area contributed by atoms with E-state index in [1.54, 1.807) is 18.9 Å². The first-order valence-electron chi connectivity index (χ1n) is 6.37. The van der Waals surface area contributed by atoms with Crippen LogP contribution in [0.2, 0.25) is 0 Å². The zero-order chi connectivity index (χ0) is 14.2. The molecule has 0 aliphatic rings. The Hall–Kier alpha value is -1.32. The molecule has 0 spiro atoms. The summed E-state index contributed by atoms with van der Waals surface area (Å²) in [7, 11) is 1.64. The minimum Gasteiger partial charge on any atom is -0.493 e. The Labute approximate surface area is 129 Å². The maximum Gasteiger partial charge on any atom is 0.161 e. The second-order valence-corrected chi connectivity index (χ2v) is 5.56. The van der Waals surface area contributed by atoms with Gasteiger partial charge in [0.1, 0.15) is 0 Å². The van der Waals surface area contributed by atoms with Crippen molar-refractivity contribution in [3.8, 4) is 11.5 Å². The van der Waals surface area contributed by atoms with Gasteiger partial charge in [0.2, 0.25) is 0 Å². The zero-order valence-electron chi connectivity index (χ0n) is 11.3. The van der Waals surface area contributed by atoms with Crippen molar-refractivity contribution < 1.29 is 9.47 Å². The lowest BCUT2D eigenvalue weighted by Crippen LogP contribution is -2.02. The van der Waals surface area contributed by atoms with Crippen molar-refractivity contribution in [1.29, 1.82) is 0 Å². The maximum absolute atomic E-state index is 5.80. The normalized spacial score (nSPS) is 10.3. The molecule has 0 N–H and O–H groups in total. The van der Waals surface area contributed by atoms with Crippen molar-refractivity contribution in [2.75, 3.05) is 19.5 Å². The van der Waals surface area contributed by atoms with Crippen LogP contribution in [0.25, 0.3) is 0 Å². The number of hydrogen-bond acceptors (Lipinski definition) is 3. The van der Waals surface area contributed by atoms with Crippen molar-refractivity contribution >= 4 is 23.4 Å². The number of benzene rings is 2. The quantitative estimate of drug-likeness (QED) is 0.423. The van der Waals surface area contributed by atoms with Crippen LogP contribution in [0, 0.1) is 0 Å². The SMILES string of the molecule is COc1cc(CCl)ccc1OCCSc1ccccc1. The number of rotatable bonds is 7. The van der Waals surface area contributed by atoms with Gasteiger partial charge >= 0.3 is 0 Å². The predicted octanol–water partition coefficient (Wildman–Crippen LogP) is 4.61. The molecule has 0 amide bonds. The van der Waals surface area contributed by atoms with Gasteiger partial charge in [0, 0.05) is 16.5 Å². The first-order chi connectivity index (χ1) is 9.83. The summed E-state index contributed by atoms with van der Waals surface area (Å²) >= 11 is 7.58. The average molecular weight is 309 g/mol. The molecule has 2 rings (SSSR count). The Kier molecular flexibility index (Phi) is 6.09. The summed E-state index contributed by atoms with van der Waals surface area (Å²) in [5, 5.41) is 0. The highest BCUT2D eigenvalue weighted by Crippen LogP contribution is 2.29. The van der Waals surface area contributed by atoms with E-state index in [4.69, 9.17) is 21.1 Å². The van der Waals surface area contributed by atoms with Crippen LogP contribution in [-0.4, -0.2) is 19.5 Å². The molecule has 0 aromatic heterocycles. The van der Waals surface area contributed by atoms with Gasteiger partial charge in [-0.25, -0.2) is 0 Å². The number of ether oxygens (including phenoxy) is 2. The highest BCUT2D eigenvalue weighted by Gasteiger charge is 2.05. The van der Waals surface area contributed by atoms with Crippen LogP contribution < -0.4 is 9.47 Å². The lowest BCUT2D eigenvalue weighted by atomic mass is 10.2. The number of alkyl halides is 1. The lowest BCUT2D eigenvalue weighted by Gasteiger charge is -2.11. The molecule has 0 fully saturated rings. The van der Waals surface area contributed by atoms with Gasteiger partial charge in [-0.1, -0.05) is 24.3 Å². The largest absolute Gasteiger partial charge is 0.493 e. The molecule has 0 unspecified atom stereocenters. The Morgan fingerprint density at radius 2 is 1.85 bits per heavy atom. The van der Waals surface area contributed by atoms with Crippen LogP contribution >= 0.6 is 23.4 Å². The molecule has 0 saturated heterocycles. The van der Waals surface area contributed by atoms with Crippen LogP contribution in [0.5, 0.6) is 11.5 Å². The highest BCUT2D eigenvalue weighted by atomic mass is 35.5. The zero-order valence-corrected chi connectivity index (χ0v) is 12.9. The molecule has 106 valence electrons. The van der Waals surface area contributed by atoms with Crippen molar-refractivity contribution in [3.05, 3.63) is 54.1 Å². The number of thioether (sulfide) groups is 1. The fraction of sp³-hybridized carbons (Fsp3) is 0.250. The van der Waals surface area contributed by atoms with Crippen LogP contribution in [0.1, 0.15) is 5.56 Å². The van der Waals surface area contributed by atoms with E-state index < -0.39 is 0 Å². The third-order valence-corrected chi connectivity index (χ3v) is 4.02. The number of hydrogen-bond donors (Lipinski definition) is 0. The van der Waals surface area contributed by atoms with Crippen molar-refractivity contribution in [2.24, 2.45) is 0 Å². The van der Waals surface area contributed by atoms with Gasteiger partial charge < -0.3 is 9.47 Å². The molecule has 0 radical (unpaired) electrons. The van der Waals surface area contributed by atoms with Gasteiger partial charge in [0.05, 0.1) is 13.7 Å². The van der Waals surface area contributed by atoms with Crippen molar-refractivity contribution in [2.45, 2.75) is 10.8 Å². The first-order valence-corrected chi connectivity index (χ1v) is 7.89. The van der Waals surface area contributed by atoms with Gasteiger partial charge in [-0.15, -0.1) is 23.4 Å². The summed E-state index contributed by atoms with van der Waals surface area (Å²) in [6.07, 6.45) is 0. The van der Waals surface area contributed by atoms with E-state index in [-0.39, 0.29) is 0 Å². The minimum atomic E-state index is 0.473. The van der Waals surface area contributed by atoms with Crippen LogP contribution in [-0.2, 0) is 5.88 Å². The summed E-state index contributed by atoms with van der Waals surface area (Å²) < 4.78 is 11.1. The maximum atomic E-state index is 5.80. The van der Waals surface area contributed by atoms with Gasteiger partial charge in [0.25, 0.3) is 0 Å². The third kappa shape index (κ3) is 4.36. The van der Waals surface area contributed by atoms with E-state index in [2.05, 4.69) is 12.1 Å². The topological polar surface area (TPSA) is 18.5 Å².